The normalized spacial score (nSPS) is 12.3. The molecule has 0 saturated heterocycles. The number of benzene rings is 1. The minimum atomic E-state index is -0.295. The lowest BCUT2D eigenvalue weighted by atomic mass is 10.1. The van der Waals surface area contributed by atoms with Gasteiger partial charge in [-0.1, -0.05) is 13.8 Å². The molecule has 0 atom stereocenters. The maximum atomic E-state index is 12.5. The monoisotopic (exact) mass is 342 g/mol. The molecule has 0 saturated carbocycles. The number of carbonyl (C=O) groups is 1. The Labute approximate surface area is 146 Å². The van der Waals surface area contributed by atoms with Crippen molar-refractivity contribution >= 4 is 17.5 Å². The van der Waals surface area contributed by atoms with E-state index in [1.165, 1.54) is 0 Å². The van der Waals surface area contributed by atoms with Crippen LogP contribution in [0.15, 0.2) is 24.3 Å². The first-order chi connectivity index (χ1) is 12.0. The van der Waals surface area contributed by atoms with Crippen LogP contribution >= 0.6 is 0 Å². The van der Waals surface area contributed by atoms with Crippen molar-refractivity contribution < 1.29 is 14.3 Å². The zero-order valence-corrected chi connectivity index (χ0v) is 14.6. The van der Waals surface area contributed by atoms with E-state index in [1.807, 2.05) is 6.92 Å². The quantitative estimate of drug-likeness (QED) is 0.838. The lowest BCUT2D eigenvalue weighted by molar-refractivity contribution is 0.102. The lowest BCUT2D eigenvalue weighted by Gasteiger charge is -2.10. The van der Waals surface area contributed by atoms with Crippen LogP contribution < -0.4 is 20.1 Å². The highest BCUT2D eigenvalue weighted by molar-refractivity contribution is 6.03. The van der Waals surface area contributed by atoms with Crippen LogP contribution in [0.25, 0.3) is 0 Å². The van der Waals surface area contributed by atoms with Crippen LogP contribution in [0, 0.1) is 12.8 Å². The van der Waals surface area contributed by atoms with Gasteiger partial charge < -0.3 is 20.1 Å². The molecule has 7 nitrogen and oxygen atoms in total. The minimum absolute atomic E-state index is 0.198. The first-order valence-corrected chi connectivity index (χ1v) is 8.32. The molecule has 1 amide bonds. The third-order valence-corrected chi connectivity index (χ3v) is 3.72. The second-order valence-corrected chi connectivity index (χ2v) is 6.35. The Kier molecular flexibility index (Phi) is 5.02. The first-order valence-electron chi connectivity index (χ1n) is 8.32. The van der Waals surface area contributed by atoms with Crippen LogP contribution in [0.3, 0.4) is 0 Å². The summed E-state index contributed by atoms with van der Waals surface area (Å²) in [6.45, 7) is 7.12. The summed E-state index contributed by atoms with van der Waals surface area (Å²) in [4.78, 5) is 21.1. The molecular formula is C18H22N4O3. The van der Waals surface area contributed by atoms with Crippen molar-refractivity contribution in [2.45, 2.75) is 27.2 Å². The first kappa shape index (κ1) is 17.0. The summed E-state index contributed by atoms with van der Waals surface area (Å²) in [6.07, 6.45) is 1.01. The molecule has 2 N–H and O–H groups in total. The molecule has 1 aliphatic rings. The summed E-state index contributed by atoms with van der Waals surface area (Å²) in [7, 11) is 0. The fraction of sp³-hybridized carbons (Fsp3) is 0.389. The highest BCUT2D eigenvalue weighted by Crippen LogP contribution is 2.34. The van der Waals surface area contributed by atoms with Crippen molar-refractivity contribution in [3.8, 4) is 11.5 Å². The molecule has 2 heterocycles. The number of aromatic nitrogens is 2. The van der Waals surface area contributed by atoms with Crippen LogP contribution in [0.4, 0.5) is 11.6 Å². The highest BCUT2D eigenvalue weighted by atomic mass is 16.7. The number of anilines is 2. The molecule has 2 aromatic rings. The molecule has 0 spiro atoms. The molecule has 132 valence electrons. The Morgan fingerprint density at radius 3 is 2.80 bits per heavy atom. The number of rotatable bonds is 6. The molecule has 0 fully saturated rings. The van der Waals surface area contributed by atoms with Gasteiger partial charge in [-0.15, -0.1) is 0 Å². The summed E-state index contributed by atoms with van der Waals surface area (Å²) in [5.41, 5.74) is 1.68. The largest absolute Gasteiger partial charge is 0.454 e. The van der Waals surface area contributed by atoms with Crippen molar-refractivity contribution in [3.63, 3.8) is 0 Å². The number of nitrogens with one attached hydrogen (secondary N) is 2. The summed E-state index contributed by atoms with van der Waals surface area (Å²) >= 11 is 0. The number of ether oxygens (including phenoxy) is 2. The van der Waals surface area contributed by atoms with E-state index >= 15 is 0 Å². The Bertz CT molecular complexity index is 777. The number of hydrogen-bond acceptors (Lipinski definition) is 6. The van der Waals surface area contributed by atoms with Gasteiger partial charge in [0.15, 0.2) is 11.5 Å². The lowest BCUT2D eigenvalue weighted by Crippen LogP contribution is -2.16. The summed E-state index contributed by atoms with van der Waals surface area (Å²) in [5.74, 6) is 2.05. The van der Waals surface area contributed by atoms with Gasteiger partial charge in [-0.25, -0.2) is 9.97 Å². The Balaban J connectivity index is 1.70. The minimum Gasteiger partial charge on any atom is -0.454 e. The highest BCUT2D eigenvalue weighted by Gasteiger charge is 2.16. The van der Waals surface area contributed by atoms with E-state index in [0.29, 0.717) is 34.7 Å². The number of amides is 1. The average molecular weight is 342 g/mol. The predicted octanol–water partition coefficient (Wildman–Crippen LogP) is 3.22. The van der Waals surface area contributed by atoms with Gasteiger partial charge in [0, 0.05) is 24.0 Å². The number of hydrogen-bond donors (Lipinski definition) is 2. The predicted molar refractivity (Wildman–Crippen MR) is 95.2 cm³/mol. The Hall–Kier alpha value is -2.83. The van der Waals surface area contributed by atoms with Crippen LogP contribution in [-0.4, -0.2) is 29.2 Å². The van der Waals surface area contributed by atoms with Gasteiger partial charge in [-0.05, 0) is 37.5 Å². The second kappa shape index (κ2) is 7.38. The van der Waals surface area contributed by atoms with E-state index in [2.05, 4.69) is 34.4 Å². The zero-order valence-electron chi connectivity index (χ0n) is 14.6. The number of fused-ring (bicyclic) bond motifs is 1. The van der Waals surface area contributed by atoms with Crippen LogP contribution in [0.2, 0.25) is 0 Å². The van der Waals surface area contributed by atoms with Crippen LogP contribution in [0.5, 0.6) is 11.5 Å². The molecule has 1 aromatic heterocycles. The molecule has 25 heavy (non-hydrogen) atoms. The van der Waals surface area contributed by atoms with Gasteiger partial charge in [0.25, 0.3) is 5.91 Å². The van der Waals surface area contributed by atoms with Gasteiger partial charge in [-0.3, -0.25) is 4.79 Å². The van der Waals surface area contributed by atoms with E-state index in [4.69, 9.17) is 9.47 Å². The van der Waals surface area contributed by atoms with E-state index in [0.717, 1.165) is 18.7 Å². The average Bonchev–Trinajstić information content (AvgIpc) is 3.01. The molecule has 7 heteroatoms. The van der Waals surface area contributed by atoms with Crippen LogP contribution in [-0.2, 0) is 0 Å². The van der Waals surface area contributed by atoms with Crippen molar-refractivity contribution in [2.24, 2.45) is 5.92 Å². The van der Waals surface area contributed by atoms with E-state index in [9.17, 15) is 4.79 Å². The maximum Gasteiger partial charge on any atom is 0.274 e. The molecule has 1 aliphatic heterocycles. The molecule has 3 rings (SSSR count). The van der Waals surface area contributed by atoms with E-state index in [-0.39, 0.29) is 12.7 Å². The summed E-state index contributed by atoms with van der Waals surface area (Å²) < 4.78 is 10.6. The fourth-order valence-corrected chi connectivity index (χ4v) is 2.41. The molecule has 1 aromatic carbocycles. The molecular weight excluding hydrogens is 320 g/mol. The Morgan fingerprint density at radius 2 is 2.00 bits per heavy atom. The van der Waals surface area contributed by atoms with Crippen molar-refractivity contribution in [1.29, 1.82) is 0 Å². The van der Waals surface area contributed by atoms with E-state index < -0.39 is 0 Å². The van der Waals surface area contributed by atoms with Gasteiger partial charge in [0.05, 0.1) is 0 Å². The smallest absolute Gasteiger partial charge is 0.274 e. The summed E-state index contributed by atoms with van der Waals surface area (Å²) in [5, 5.41) is 6.00. The maximum absolute atomic E-state index is 12.5. The number of nitrogens with zero attached hydrogens (tertiary/aromatic N) is 2. The van der Waals surface area contributed by atoms with Crippen molar-refractivity contribution in [2.75, 3.05) is 24.0 Å². The Morgan fingerprint density at radius 1 is 1.20 bits per heavy atom. The molecule has 0 bridgehead atoms. The van der Waals surface area contributed by atoms with Gasteiger partial charge in [-0.2, -0.15) is 0 Å². The zero-order chi connectivity index (χ0) is 17.8. The standard InChI is InChI=1S/C18H22N4O3/c1-11(2)6-7-19-18-20-12(3)8-14(22-18)17(23)21-13-4-5-15-16(9-13)25-10-24-15/h4-5,8-9,11H,6-7,10H2,1-3H3,(H,21,23)(H,19,20,22). The van der Waals surface area contributed by atoms with Crippen molar-refractivity contribution in [1.82, 2.24) is 9.97 Å². The second-order valence-electron chi connectivity index (χ2n) is 6.35. The fourth-order valence-electron chi connectivity index (χ4n) is 2.41. The van der Waals surface area contributed by atoms with Gasteiger partial charge in [0.1, 0.15) is 5.69 Å². The van der Waals surface area contributed by atoms with Gasteiger partial charge in [0.2, 0.25) is 12.7 Å². The third-order valence-electron chi connectivity index (χ3n) is 3.72. The van der Waals surface area contributed by atoms with E-state index in [1.54, 1.807) is 24.3 Å². The van der Waals surface area contributed by atoms with Crippen LogP contribution in [0.1, 0.15) is 36.5 Å². The van der Waals surface area contributed by atoms with Gasteiger partial charge >= 0.3 is 0 Å². The number of carbonyl (C=O) groups excluding carboxylic acids is 1. The third kappa shape index (κ3) is 4.37. The van der Waals surface area contributed by atoms with Crippen molar-refractivity contribution in [3.05, 3.63) is 35.7 Å². The molecule has 0 unspecified atom stereocenters. The molecule has 0 aliphatic carbocycles. The molecule has 0 radical (unpaired) electrons. The SMILES string of the molecule is Cc1cc(C(=O)Nc2ccc3c(c2)OCO3)nc(NCCC(C)C)n1. The topological polar surface area (TPSA) is 85.4 Å². The number of aryl methyl sites for hydroxylation is 1. The summed E-state index contributed by atoms with van der Waals surface area (Å²) in [6, 6.07) is 6.93.